The summed E-state index contributed by atoms with van der Waals surface area (Å²) in [6.07, 6.45) is 1.75. The zero-order valence-corrected chi connectivity index (χ0v) is 7.51. The Labute approximate surface area is 77.1 Å². The number of hydrazone groups is 1. The molecule has 0 spiro atoms. The summed E-state index contributed by atoms with van der Waals surface area (Å²) in [7, 11) is 0. The SMILES string of the molecule is C[C@@H]1CN(c2ccccn2)N=C1N. The summed E-state index contributed by atoms with van der Waals surface area (Å²) in [5, 5.41) is 6.04. The van der Waals surface area contributed by atoms with Crippen LogP contribution in [0.5, 0.6) is 0 Å². The number of hydrogen-bond acceptors (Lipinski definition) is 4. The molecule has 2 heterocycles. The Bertz CT molecular complexity index is 320. The smallest absolute Gasteiger partial charge is 0.148 e. The molecule has 4 heteroatoms. The van der Waals surface area contributed by atoms with Crippen molar-refractivity contribution in [3.63, 3.8) is 0 Å². The monoisotopic (exact) mass is 176 g/mol. The number of hydrogen-bond donors (Lipinski definition) is 1. The Morgan fingerprint density at radius 2 is 2.38 bits per heavy atom. The first-order chi connectivity index (χ1) is 6.27. The van der Waals surface area contributed by atoms with E-state index in [0.29, 0.717) is 11.8 Å². The number of amidine groups is 1. The number of aromatic nitrogens is 1. The fourth-order valence-corrected chi connectivity index (χ4v) is 1.28. The molecule has 13 heavy (non-hydrogen) atoms. The van der Waals surface area contributed by atoms with Gasteiger partial charge in [0.2, 0.25) is 0 Å². The van der Waals surface area contributed by atoms with E-state index in [-0.39, 0.29) is 0 Å². The van der Waals surface area contributed by atoms with Crippen molar-refractivity contribution in [2.75, 3.05) is 11.6 Å². The van der Waals surface area contributed by atoms with Crippen molar-refractivity contribution in [1.29, 1.82) is 0 Å². The van der Waals surface area contributed by atoms with Gasteiger partial charge in [-0.2, -0.15) is 5.10 Å². The lowest BCUT2D eigenvalue weighted by Gasteiger charge is -2.11. The van der Waals surface area contributed by atoms with Gasteiger partial charge in [0.25, 0.3) is 0 Å². The highest BCUT2D eigenvalue weighted by Crippen LogP contribution is 2.17. The minimum absolute atomic E-state index is 0.321. The van der Waals surface area contributed by atoms with Crippen molar-refractivity contribution < 1.29 is 0 Å². The van der Waals surface area contributed by atoms with E-state index in [1.807, 2.05) is 23.2 Å². The summed E-state index contributed by atoms with van der Waals surface area (Å²) in [5.74, 6) is 1.86. The first-order valence-corrected chi connectivity index (χ1v) is 4.30. The van der Waals surface area contributed by atoms with Gasteiger partial charge in [0, 0.05) is 12.1 Å². The lowest BCUT2D eigenvalue weighted by atomic mass is 10.2. The lowest BCUT2D eigenvalue weighted by molar-refractivity contribution is 0.764. The molecule has 0 saturated carbocycles. The van der Waals surface area contributed by atoms with E-state index in [9.17, 15) is 0 Å². The summed E-state index contributed by atoms with van der Waals surface area (Å²) >= 11 is 0. The summed E-state index contributed by atoms with van der Waals surface area (Å²) in [6, 6.07) is 5.75. The van der Waals surface area contributed by atoms with Crippen LogP contribution in [0.25, 0.3) is 0 Å². The molecule has 0 saturated heterocycles. The number of nitrogens with zero attached hydrogens (tertiary/aromatic N) is 3. The van der Waals surface area contributed by atoms with E-state index < -0.39 is 0 Å². The zero-order valence-electron chi connectivity index (χ0n) is 7.51. The van der Waals surface area contributed by atoms with Crippen LogP contribution in [0.15, 0.2) is 29.5 Å². The van der Waals surface area contributed by atoms with Gasteiger partial charge in [-0.05, 0) is 12.1 Å². The largest absolute Gasteiger partial charge is 0.385 e. The van der Waals surface area contributed by atoms with Crippen LogP contribution >= 0.6 is 0 Å². The van der Waals surface area contributed by atoms with E-state index in [4.69, 9.17) is 5.73 Å². The third kappa shape index (κ3) is 1.47. The molecule has 4 nitrogen and oxygen atoms in total. The molecule has 0 radical (unpaired) electrons. The summed E-state index contributed by atoms with van der Waals surface area (Å²) in [6.45, 7) is 2.88. The second-order valence-corrected chi connectivity index (χ2v) is 3.20. The van der Waals surface area contributed by atoms with Gasteiger partial charge in [0.15, 0.2) is 0 Å². The average molecular weight is 176 g/mol. The highest BCUT2D eigenvalue weighted by Gasteiger charge is 2.21. The molecule has 1 aliphatic rings. The Hall–Kier alpha value is -1.58. The van der Waals surface area contributed by atoms with Gasteiger partial charge in [0.05, 0.1) is 6.54 Å². The molecule has 0 amide bonds. The first kappa shape index (κ1) is 8.04. The molecule has 1 atom stereocenters. The minimum atomic E-state index is 0.321. The van der Waals surface area contributed by atoms with Crippen molar-refractivity contribution in [3.8, 4) is 0 Å². The second-order valence-electron chi connectivity index (χ2n) is 3.20. The third-order valence-corrected chi connectivity index (χ3v) is 2.10. The van der Waals surface area contributed by atoms with Crippen LogP contribution in [0, 0.1) is 5.92 Å². The third-order valence-electron chi connectivity index (χ3n) is 2.10. The molecule has 0 aromatic carbocycles. The molecule has 1 aliphatic heterocycles. The van der Waals surface area contributed by atoms with Gasteiger partial charge in [-0.1, -0.05) is 13.0 Å². The quantitative estimate of drug-likeness (QED) is 0.689. The van der Waals surface area contributed by atoms with Crippen LogP contribution < -0.4 is 10.7 Å². The molecule has 1 aromatic heterocycles. The first-order valence-electron chi connectivity index (χ1n) is 4.30. The van der Waals surface area contributed by atoms with Gasteiger partial charge >= 0.3 is 0 Å². The van der Waals surface area contributed by atoms with Gasteiger partial charge < -0.3 is 5.73 Å². The number of rotatable bonds is 1. The highest BCUT2D eigenvalue weighted by molar-refractivity contribution is 5.86. The Balaban J connectivity index is 2.22. The summed E-state index contributed by atoms with van der Waals surface area (Å²) in [4.78, 5) is 4.19. The Morgan fingerprint density at radius 3 is 2.92 bits per heavy atom. The summed E-state index contributed by atoms with van der Waals surface area (Å²) in [5.41, 5.74) is 5.69. The van der Waals surface area contributed by atoms with E-state index in [2.05, 4.69) is 17.0 Å². The topological polar surface area (TPSA) is 54.5 Å². The predicted molar refractivity (Wildman–Crippen MR) is 52.4 cm³/mol. The minimum Gasteiger partial charge on any atom is -0.385 e. The van der Waals surface area contributed by atoms with Crippen molar-refractivity contribution in [2.45, 2.75) is 6.92 Å². The normalized spacial score (nSPS) is 21.8. The van der Waals surface area contributed by atoms with Crippen LogP contribution in [-0.4, -0.2) is 17.4 Å². The fourth-order valence-electron chi connectivity index (χ4n) is 1.28. The highest BCUT2D eigenvalue weighted by atomic mass is 15.5. The molecule has 0 bridgehead atoms. The standard InChI is InChI=1S/C9H12N4/c1-7-6-13(12-9(7)10)8-4-2-3-5-11-8/h2-5,7H,6H2,1H3,(H2,10,12)/t7-/m1/s1. The summed E-state index contributed by atoms with van der Waals surface area (Å²) < 4.78 is 0. The lowest BCUT2D eigenvalue weighted by Crippen LogP contribution is -2.20. The maximum absolute atomic E-state index is 5.69. The maximum atomic E-state index is 5.69. The van der Waals surface area contributed by atoms with E-state index in [1.165, 1.54) is 0 Å². The predicted octanol–water partition coefficient (Wildman–Crippen LogP) is 0.810. The molecule has 0 unspecified atom stereocenters. The van der Waals surface area contributed by atoms with Crippen molar-refractivity contribution in [3.05, 3.63) is 24.4 Å². The van der Waals surface area contributed by atoms with Crippen LogP contribution in [-0.2, 0) is 0 Å². The van der Waals surface area contributed by atoms with E-state index >= 15 is 0 Å². The molecule has 68 valence electrons. The van der Waals surface area contributed by atoms with Gasteiger partial charge in [-0.25, -0.2) is 9.99 Å². The average Bonchev–Trinajstić information content (AvgIpc) is 2.49. The van der Waals surface area contributed by atoms with Crippen molar-refractivity contribution >= 4 is 11.7 Å². The van der Waals surface area contributed by atoms with E-state index in [0.717, 1.165) is 12.4 Å². The zero-order chi connectivity index (χ0) is 9.26. The number of nitrogens with two attached hydrogens (primary N) is 1. The Kier molecular flexibility index (Phi) is 1.88. The van der Waals surface area contributed by atoms with Crippen LogP contribution in [0.3, 0.4) is 0 Å². The van der Waals surface area contributed by atoms with E-state index in [1.54, 1.807) is 6.20 Å². The molecule has 2 N–H and O–H groups in total. The number of pyridine rings is 1. The fraction of sp³-hybridized carbons (Fsp3) is 0.333. The van der Waals surface area contributed by atoms with Crippen LogP contribution in [0.2, 0.25) is 0 Å². The van der Waals surface area contributed by atoms with Crippen molar-refractivity contribution in [1.82, 2.24) is 4.98 Å². The van der Waals surface area contributed by atoms with Crippen LogP contribution in [0.4, 0.5) is 5.82 Å². The molecule has 2 rings (SSSR count). The van der Waals surface area contributed by atoms with Gasteiger partial charge in [-0.15, -0.1) is 0 Å². The van der Waals surface area contributed by atoms with Crippen LogP contribution in [0.1, 0.15) is 6.92 Å². The maximum Gasteiger partial charge on any atom is 0.148 e. The molecule has 0 aliphatic carbocycles. The van der Waals surface area contributed by atoms with Gasteiger partial charge in [-0.3, -0.25) is 0 Å². The van der Waals surface area contributed by atoms with Crippen molar-refractivity contribution in [2.24, 2.45) is 16.8 Å². The molecular weight excluding hydrogens is 164 g/mol. The molecular formula is C9H12N4. The molecule has 0 fully saturated rings. The second kappa shape index (κ2) is 3.05. The molecule has 1 aromatic rings. The Morgan fingerprint density at radius 1 is 1.54 bits per heavy atom. The van der Waals surface area contributed by atoms with Gasteiger partial charge in [0.1, 0.15) is 11.7 Å². The number of anilines is 1.